The molecule has 2 aromatic carbocycles. The number of amides is 1. The van der Waals surface area contributed by atoms with Crippen LogP contribution in [0.4, 0.5) is 10.5 Å². The van der Waals surface area contributed by atoms with Gasteiger partial charge < -0.3 is 24.9 Å². The Morgan fingerprint density at radius 3 is 2.50 bits per heavy atom. The average molecular weight is 459 g/mol. The number of carbonyl (C=O) groups is 1. The number of nitrogens with one attached hydrogen (secondary N) is 1. The molecule has 8 heteroatoms. The Bertz CT molecular complexity index is 1240. The van der Waals surface area contributed by atoms with E-state index in [0.717, 1.165) is 52.9 Å². The Kier molecular flexibility index (Phi) is 5.57. The second-order valence-corrected chi connectivity index (χ2v) is 8.56. The van der Waals surface area contributed by atoms with Gasteiger partial charge in [-0.2, -0.15) is 0 Å². The van der Waals surface area contributed by atoms with E-state index in [1.807, 2.05) is 54.4 Å². The molecule has 0 atom stereocenters. The monoisotopic (exact) mass is 458 g/mol. The predicted octanol–water partition coefficient (Wildman–Crippen LogP) is 4.85. The van der Waals surface area contributed by atoms with Gasteiger partial charge in [-0.05, 0) is 36.5 Å². The molecule has 1 aromatic heterocycles. The summed E-state index contributed by atoms with van der Waals surface area (Å²) in [4.78, 5) is 23.1. The first kappa shape index (κ1) is 21.8. The number of hydrogen-bond acceptors (Lipinski definition) is 5. The van der Waals surface area contributed by atoms with E-state index in [4.69, 9.17) is 14.6 Å². The number of aromatic nitrogens is 1. The van der Waals surface area contributed by atoms with E-state index in [1.54, 1.807) is 0 Å². The SMILES string of the molecule is CO/N=C1/COc2nc(-c3ccc(C4(NC(=O)O)CCC4)cc3)c(-c3ccccc3)cc2N1C. The van der Waals surface area contributed by atoms with E-state index >= 15 is 0 Å². The van der Waals surface area contributed by atoms with E-state index in [9.17, 15) is 9.90 Å². The van der Waals surface area contributed by atoms with Crippen LogP contribution in [0.15, 0.2) is 65.8 Å². The molecule has 2 N–H and O–H groups in total. The summed E-state index contributed by atoms with van der Waals surface area (Å²) < 4.78 is 5.92. The minimum atomic E-state index is -0.996. The van der Waals surface area contributed by atoms with Gasteiger partial charge in [0.1, 0.15) is 12.8 Å². The summed E-state index contributed by atoms with van der Waals surface area (Å²) in [5.41, 5.74) is 5.00. The van der Waals surface area contributed by atoms with E-state index in [2.05, 4.69) is 28.7 Å². The van der Waals surface area contributed by atoms with Gasteiger partial charge in [-0.15, -0.1) is 0 Å². The molecule has 2 heterocycles. The number of rotatable bonds is 5. The lowest BCUT2D eigenvalue weighted by atomic mass is 9.71. The maximum atomic E-state index is 11.3. The standard InChI is InChI=1S/C26H26N4O4/c1-30-21-15-20(17-7-4-3-5-8-17)23(27-24(21)34-16-22(30)29-33-2)18-9-11-19(12-10-18)26(13-6-14-26)28-25(31)32/h3-5,7-12,15,28H,6,13-14,16H2,1-2H3,(H,31,32)/b29-22-. The van der Waals surface area contributed by atoms with Crippen molar-refractivity contribution in [3.8, 4) is 28.3 Å². The topological polar surface area (TPSA) is 96.3 Å². The van der Waals surface area contributed by atoms with Gasteiger partial charge in [-0.25, -0.2) is 9.78 Å². The molecular weight excluding hydrogens is 432 g/mol. The fraction of sp³-hybridized carbons (Fsp3) is 0.269. The zero-order chi connectivity index (χ0) is 23.7. The quantitative estimate of drug-likeness (QED) is 0.531. The molecule has 1 aliphatic carbocycles. The number of carboxylic acid groups (broad SMARTS) is 1. The number of pyridine rings is 1. The minimum absolute atomic E-state index is 0.261. The van der Waals surface area contributed by atoms with E-state index in [1.165, 1.54) is 7.11 Å². The number of benzene rings is 2. The third-order valence-electron chi connectivity index (χ3n) is 6.60. The van der Waals surface area contributed by atoms with E-state index in [0.29, 0.717) is 11.7 Å². The van der Waals surface area contributed by atoms with Crippen LogP contribution in [0, 0.1) is 0 Å². The largest absolute Gasteiger partial charge is 0.468 e. The molecule has 174 valence electrons. The van der Waals surface area contributed by atoms with Crippen molar-refractivity contribution in [1.82, 2.24) is 10.3 Å². The van der Waals surface area contributed by atoms with Crippen molar-refractivity contribution in [3.63, 3.8) is 0 Å². The van der Waals surface area contributed by atoms with Crippen LogP contribution in [-0.4, -0.2) is 42.8 Å². The van der Waals surface area contributed by atoms with Crippen molar-refractivity contribution in [3.05, 3.63) is 66.2 Å². The van der Waals surface area contributed by atoms with Gasteiger partial charge in [0.25, 0.3) is 0 Å². The van der Waals surface area contributed by atoms with Crippen molar-refractivity contribution in [2.75, 3.05) is 25.7 Å². The summed E-state index contributed by atoms with van der Waals surface area (Å²) in [7, 11) is 3.42. The first-order chi connectivity index (χ1) is 16.5. The minimum Gasteiger partial charge on any atom is -0.468 e. The smallest absolute Gasteiger partial charge is 0.405 e. The molecule has 34 heavy (non-hydrogen) atoms. The Balaban J connectivity index is 1.59. The summed E-state index contributed by atoms with van der Waals surface area (Å²) in [6, 6.07) is 20.1. The first-order valence-electron chi connectivity index (χ1n) is 11.2. The third-order valence-corrected chi connectivity index (χ3v) is 6.60. The van der Waals surface area contributed by atoms with Crippen LogP contribution in [0.5, 0.6) is 5.88 Å². The van der Waals surface area contributed by atoms with Crippen molar-refractivity contribution in [2.24, 2.45) is 5.16 Å². The summed E-state index contributed by atoms with van der Waals surface area (Å²) >= 11 is 0. The molecule has 5 rings (SSSR count). The van der Waals surface area contributed by atoms with Crippen molar-refractivity contribution >= 4 is 17.6 Å². The zero-order valence-electron chi connectivity index (χ0n) is 19.1. The highest BCUT2D eigenvalue weighted by atomic mass is 16.6. The molecule has 0 bridgehead atoms. The zero-order valence-corrected chi connectivity index (χ0v) is 19.1. The number of ether oxygens (including phenoxy) is 1. The Labute approximate surface area is 197 Å². The molecule has 1 aliphatic heterocycles. The fourth-order valence-corrected chi connectivity index (χ4v) is 4.62. The van der Waals surface area contributed by atoms with Crippen LogP contribution in [0.3, 0.4) is 0 Å². The number of anilines is 1. The number of oxime groups is 1. The van der Waals surface area contributed by atoms with Crippen LogP contribution in [0.1, 0.15) is 24.8 Å². The number of fused-ring (bicyclic) bond motifs is 1. The normalized spacial score (nSPS) is 17.4. The molecule has 0 unspecified atom stereocenters. The molecule has 2 aliphatic rings. The van der Waals surface area contributed by atoms with Crippen LogP contribution in [-0.2, 0) is 10.4 Å². The molecule has 1 amide bonds. The molecule has 8 nitrogen and oxygen atoms in total. The highest BCUT2D eigenvalue weighted by Crippen LogP contribution is 2.43. The highest BCUT2D eigenvalue weighted by molar-refractivity contribution is 6.02. The Morgan fingerprint density at radius 2 is 1.88 bits per heavy atom. The van der Waals surface area contributed by atoms with Gasteiger partial charge in [0, 0.05) is 18.2 Å². The van der Waals surface area contributed by atoms with E-state index < -0.39 is 11.6 Å². The third kappa shape index (κ3) is 3.81. The summed E-state index contributed by atoms with van der Waals surface area (Å²) in [6.45, 7) is 0.261. The van der Waals surface area contributed by atoms with Gasteiger partial charge in [-0.1, -0.05) is 59.8 Å². The van der Waals surface area contributed by atoms with Gasteiger partial charge in [-0.3, -0.25) is 0 Å². The number of hydrogen-bond donors (Lipinski definition) is 2. The molecule has 1 fully saturated rings. The van der Waals surface area contributed by atoms with Crippen LogP contribution >= 0.6 is 0 Å². The predicted molar refractivity (Wildman–Crippen MR) is 130 cm³/mol. The maximum absolute atomic E-state index is 11.3. The van der Waals surface area contributed by atoms with Crippen molar-refractivity contribution in [1.29, 1.82) is 0 Å². The second-order valence-electron chi connectivity index (χ2n) is 8.56. The summed E-state index contributed by atoms with van der Waals surface area (Å²) in [5, 5.41) is 16.1. The Hall–Kier alpha value is -4.07. The Morgan fingerprint density at radius 1 is 1.15 bits per heavy atom. The van der Waals surface area contributed by atoms with Crippen LogP contribution in [0.2, 0.25) is 0 Å². The molecule has 1 saturated carbocycles. The lowest BCUT2D eigenvalue weighted by Gasteiger charge is -2.42. The fourth-order valence-electron chi connectivity index (χ4n) is 4.62. The molecule has 3 aromatic rings. The highest BCUT2D eigenvalue weighted by Gasteiger charge is 2.40. The molecular formula is C26H26N4O4. The molecule has 0 saturated heterocycles. The summed E-state index contributed by atoms with van der Waals surface area (Å²) in [5.74, 6) is 1.18. The average Bonchev–Trinajstić information content (AvgIpc) is 2.83. The first-order valence-corrected chi connectivity index (χ1v) is 11.2. The van der Waals surface area contributed by atoms with Gasteiger partial charge in [0.05, 0.1) is 11.2 Å². The maximum Gasteiger partial charge on any atom is 0.405 e. The van der Waals surface area contributed by atoms with Crippen LogP contribution in [0.25, 0.3) is 22.4 Å². The number of likely N-dealkylation sites (N-methyl/N-ethyl adjacent to an activating group) is 1. The van der Waals surface area contributed by atoms with Crippen molar-refractivity contribution in [2.45, 2.75) is 24.8 Å². The van der Waals surface area contributed by atoms with Gasteiger partial charge >= 0.3 is 6.09 Å². The molecule has 0 spiro atoms. The number of amidine groups is 1. The summed E-state index contributed by atoms with van der Waals surface area (Å²) in [6.07, 6.45) is 1.61. The van der Waals surface area contributed by atoms with E-state index in [-0.39, 0.29) is 6.61 Å². The van der Waals surface area contributed by atoms with Crippen molar-refractivity contribution < 1.29 is 19.5 Å². The lowest BCUT2D eigenvalue weighted by Crippen LogP contribution is -2.50. The van der Waals surface area contributed by atoms with Crippen LogP contribution < -0.4 is 15.0 Å². The molecule has 0 radical (unpaired) electrons. The number of nitrogens with zero attached hydrogens (tertiary/aromatic N) is 3. The second kappa shape index (κ2) is 8.70. The van der Waals surface area contributed by atoms with Gasteiger partial charge in [0.2, 0.25) is 5.88 Å². The van der Waals surface area contributed by atoms with Gasteiger partial charge in [0.15, 0.2) is 12.4 Å². The lowest BCUT2D eigenvalue weighted by molar-refractivity contribution is 0.144.